The van der Waals surface area contributed by atoms with Gasteiger partial charge in [0.25, 0.3) is 0 Å². The summed E-state index contributed by atoms with van der Waals surface area (Å²) in [6, 6.07) is 0. The molecule has 0 aromatic carbocycles. The number of aryl methyl sites for hydroxylation is 1. The molecular weight excluding hydrogens is 269 g/mol. The monoisotopic (exact) mass is 278 g/mol. The molecule has 10 heteroatoms. The van der Waals surface area contributed by atoms with Gasteiger partial charge >= 0.3 is 6.18 Å². The maximum atomic E-state index is 12.2. The zero-order valence-electron chi connectivity index (χ0n) is 9.03. The number of H-pyrrole nitrogens is 1. The van der Waals surface area contributed by atoms with Crippen LogP contribution in [-0.2, 0) is 12.6 Å². The van der Waals surface area contributed by atoms with Crippen LogP contribution in [0.5, 0.6) is 0 Å². The second-order valence-electron chi connectivity index (χ2n) is 3.38. The molecule has 0 aliphatic carbocycles. The highest BCUT2D eigenvalue weighted by atomic mass is 32.1. The number of aromatic amines is 1. The molecule has 0 spiro atoms. The van der Waals surface area contributed by atoms with Gasteiger partial charge in [-0.25, -0.2) is 4.98 Å². The maximum absolute atomic E-state index is 12.2. The van der Waals surface area contributed by atoms with Crippen LogP contribution in [0.15, 0.2) is 6.33 Å². The lowest BCUT2D eigenvalue weighted by molar-refractivity contribution is -0.144. The zero-order chi connectivity index (χ0) is 13.0. The van der Waals surface area contributed by atoms with Gasteiger partial charge in [0, 0.05) is 24.5 Å². The van der Waals surface area contributed by atoms with E-state index in [9.17, 15) is 13.2 Å². The summed E-state index contributed by atoms with van der Waals surface area (Å²) in [6.07, 6.45) is -1.71. The number of nitrogens with zero attached hydrogens (tertiary/aromatic N) is 4. The van der Waals surface area contributed by atoms with Crippen LogP contribution in [0, 0.1) is 0 Å². The van der Waals surface area contributed by atoms with E-state index in [0.29, 0.717) is 30.9 Å². The SMILES string of the molecule is FC(F)(F)c1nsc(NCCCc2ncn[nH]2)n1. The van der Waals surface area contributed by atoms with E-state index in [0.717, 1.165) is 5.82 Å². The van der Waals surface area contributed by atoms with Gasteiger partial charge in [-0.05, 0) is 6.42 Å². The molecule has 2 rings (SSSR count). The summed E-state index contributed by atoms with van der Waals surface area (Å²) in [5.41, 5.74) is 0. The van der Waals surface area contributed by atoms with Gasteiger partial charge in [-0.15, -0.1) is 0 Å². The Labute approximate surface area is 104 Å². The molecule has 0 amide bonds. The summed E-state index contributed by atoms with van der Waals surface area (Å²) in [5, 5.41) is 9.33. The number of aromatic nitrogens is 5. The summed E-state index contributed by atoms with van der Waals surface area (Å²) >= 11 is 0.696. The minimum atomic E-state index is -4.49. The summed E-state index contributed by atoms with van der Waals surface area (Å²) in [7, 11) is 0. The highest BCUT2D eigenvalue weighted by Gasteiger charge is 2.36. The molecule has 2 heterocycles. The van der Waals surface area contributed by atoms with E-state index in [1.165, 1.54) is 6.33 Å². The zero-order valence-corrected chi connectivity index (χ0v) is 9.85. The fraction of sp³-hybridized carbons (Fsp3) is 0.500. The van der Waals surface area contributed by atoms with Crippen molar-refractivity contribution in [1.82, 2.24) is 24.5 Å². The van der Waals surface area contributed by atoms with Crippen molar-refractivity contribution in [1.29, 1.82) is 0 Å². The van der Waals surface area contributed by atoms with Crippen LogP contribution in [0.3, 0.4) is 0 Å². The lowest BCUT2D eigenvalue weighted by Gasteiger charge is -2.00. The molecule has 0 bridgehead atoms. The van der Waals surface area contributed by atoms with Crippen LogP contribution in [0.25, 0.3) is 0 Å². The molecule has 0 aliphatic rings. The van der Waals surface area contributed by atoms with Crippen molar-refractivity contribution in [3.63, 3.8) is 0 Å². The molecule has 18 heavy (non-hydrogen) atoms. The number of nitrogens with one attached hydrogen (secondary N) is 2. The van der Waals surface area contributed by atoms with E-state index in [2.05, 4.69) is 29.9 Å². The highest BCUT2D eigenvalue weighted by molar-refractivity contribution is 7.09. The summed E-state index contributed by atoms with van der Waals surface area (Å²) in [4.78, 5) is 7.28. The van der Waals surface area contributed by atoms with Gasteiger partial charge in [0.2, 0.25) is 11.0 Å². The minimum absolute atomic E-state index is 0.167. The third-order valence-corrected chi connectivity index (χ3v) is 2.68. The Morgan fingerprint density at radius 1 is 1.39 bits per heavy atom. The van der Waals surface area contributed by atoms with Crippen molar-refractivity contribution in [2.45, 2.75) is 19.0 Å². The van der Waals surface area contributed by atoms with Gasteiger partial charge in [-0.3, -0.25) is 5.10 Å². The summed E-state index contributed by atoms with van der Waals surface area (Å²) in [6.45, 7) is 0.493. The molecule has 0 atom stereocenters. The Bertz CT molecular complexity index is 479. The van der Waals surface area contributed by atoms with E-state index in [1.807, 2.05) is 0 Å². The Morgan fingerprint density at radius 3 is 2.83 bits per heavy atom. The second kappa shape index (κ2) is 5.29. The molecule has 0 saturated carbocycles. The summed E-state index contributed by atoms with van der Waals surface area (Å²) < 4.78 is 39.9. The standard InChI is InChI=1S/C8H9F3N6S/c9-8(10,11)6-15-7(18-17-6)12-3-1-2-5-13-4-14-16-5/h4H,1-3H2,(H,12,15,17)(H,13,14,16). The van der Waals surface area contributed by atoms with Crippen LogP contribution in [0.4, 0.5) is 18.3 Å². The van der Waals surface area contributed by atoms with Gasteiger partial charge in [0.05, 0.1) is 0 Å². The molecule has 6 nitrogen and oxygen atoms in total. The molecule has 0 fully saturated rings. The van der Waals surface area contributed by atoms with E-state index in [1.54, 1.807) is 0 Å². The topological polar surface area (TPSA) is 79.4 Å². The Kier molecular flexibility index (Phi) is 3.75. The molecule has 98 valence electrons. The Balaban J connectivity index is 1.75. The number of anilines is 1. The number of hydrogen-bond donors (Lipinski definition) is 2. The fourth-order valence-electron chi connectivity index (χ4n) is 1.21. The lowest BCUT2D eigenvalue weighted by Crippen LogP contribution is -2.08. The van der Waals surface area contributed by atoms with Crippen LogP contribution in [0.1, 0.15) is 18.1 Å². The van der Waals surface area contributed by atoms with Crippen molar-refractivity contribution < 1.29 is 13.2 Å². The van der Waals surface area contributed by atoms with Gasteiger partial charge in [-0.2, -0.15) is 27.6 Å². The fourth-order valence-corrected chi connectivity index (χ4v) is 1.82. The summed E-state index contributed by atoms with van der Waals surface area (Å²) in [5.74, 6) is -0.365. The molecule has 2 N–H and O–H groups in total. The number of hydrogen-bond acceptors (Lipinski definition) is 6. The van der Waals surface area contributed by atoms with E-state index in [4.69, 9.17) is 0 Å². The molecule has 0 saturated heterocycles. The average molecular weight is 278 g/mol. The number of rotatable bonds is 5. The van der Waals surface area contributed by atoms with Crippen molar-refractivity contribution in [2.75, 3.05) is 11.9 Å². The minimum Gasteiger partial charge on any atom is -0.360 e. The van der Waals surface area contributed by atoms with Crippen LogP contribution < -0.4 is 5.32 Å². The van der Waals surface area contributed by atoms with Crippen LogP contribution >= 0.6 is 11.5 Å². The third kappa shape index (κ3) is 3.39. The van der Waals surface area contributed by atoms with Crippen molar-refractivity contribution in [2.24, 2.45) is 0 Å². The van der Waals surface area contributed by atoms with Crippen molar-refractivity contribution >= 4 is 16.7 Å². The first-order valence-corrected chi connectivity index (χ1v) is 5.82. The Morgan fingerprint density at radius 2 is 2.22 bits per heavy atom. The normalized spacial score (nSPS) is 11.7. The average Bonchev–Trinajstić information content (AvgIpc) is 2.95. The quantitative estimate of drug-likeness (QED) is 0.814. The predicted molar refractivity (Wildman–Crippen MR) is 58.1 cm³/mol. The first-order valence-electron chi connectivity index (χ1n) is 5.05. The van der Waals surface area contributed by atoms with Crippen molar-refractivity contribution in [3.05, 3.63) is 18.0 Å². The predicted octanol–water partition coefficient (Wildman–Crippen LogP) is 1.72. The maximum Gasteiger partial charge on any atom is 0.452 e. The van der Waals surface area contributed by atoms with E-state index < -0.39 is 12.0 Å². The van der Waals surface area contributed by atoms with Gasteiger partial charge in [0.1, 0.15) is 12.2 Å². The first-order chi connectivity index (χ1) is 8.55. The van der Waals surface area contributed by atoms with Gasteiger partial charge in [-0.1, -0.05) is 0 Å². The van der Waals surface area contributed by atoms with Crippen LogP contribution in [-0.4, -0.2) is 31.1 Å². The molecule has 2 aromatic heterocycles. The van der Waals surface area contributed by atoms with Gasteiger partial charge in [0.15, 0.2) is 0 Å². The van der Waals surface area contributed by atoms with Gasteiger partial charge < -0.3 is 5.32 Å². The van der Waals surface area contributed by atoms with E-state index >= 15 is 0 Å². The number of halogens is 3. The lowest BCUT2D eigenvalue weighted by atomic mass is 10.3. The first kappa shape index (κ1) is 12.7. The van der Waals surface area contributed by atoms with Crippen molar-refractivity contribution in [3.8, 4) is 0 Å². The molecule has 2 aromatic rings. The molecule has 0 unspecified atom stereocenters. The smallest absolute Gasteiger partial charge is 0.360 e. The van der Waals surface area contributed by atoms with Crippen LogP contribution in [0.2, 0.25) is 0 Å². The number of alkyl halides is 3. The molecular formula is C8H9F3N6S. The van der Waals surface area contributed by atoms with E-state index in [-0.39, 0.29) is 5.13 Å². The molecule has 0 aliphatic heterocycles. The Hall–Kier alpha value is -1.71. The largest absolute Gasteiger partial charge is 0.452 e. The highest BCUT2D eigenvalue weighted by Crippen LogP contribution is 2.28. The second-order valence-corrected chi connectivity index (χ2v) is 4.14. The third-order valence-electron chi connectivity index (χ3n) is 2.01. The molecule has 0 radical (unpaired) electrons.